The van der Waals surface area contributed by atoms with E-state index in [0.29, 0.717) is 6.04 Å². The van der Waals surface area contributed by atoms with Crippen molar-refractivity contribution in [3.05, 3.63) is 18.1 Å². The summed E-state index contributed by atoms with van der Waals surface area (Å²) in [6.45, 7) is 1.98. The van der Waals surface area contributed by atoms with Crippen molar-refractivity contribution in [1.82, 2.24) is 9.97 Å². The molecule has 0 saturated carbocycles. The summed E-state index contributed by atoms with van der Waals surface area (Å²) in [5.74, 6) is 3.39. The topological polar surface area (TPSA) is 37.8 Å². The molecule has 0 amide bonds. The zero-order chi connectivity index (χ0) is 9.10. The van der Waals surface area contributed by atoms with Gasteiger partial charge in [0.05, 0.1) is 5.69 Å². The van der Waals surface area contributed by atoms with Crippen LogP contribution in [0.4, 0.5) is 5.82 Å². The number of hydrogen-bond donors (Lipinski definition) is 1. The van der Waals surface area contributed by atoms with Gasteiger partial charge in [0.1, 0.15) is 5.82 Å². The largest absolute Gasteiger partial charge is 0.365 e. The highest BCUT2D eigenvalue weighted by molar-refractivity contribution is 7.99. The molecule has 1 aromatic rings. The van der Waals surface area contributed by atoms with Crippen molar-refractivity contribution in [3.63, 3.8) is 0 Å². The Morgan fingerprint density at radius 2 is 2.31 bits per heavy atom. The molecule has 0 aromatic carbocycles. The van der Waals surface area contributed by atoms with E-state index < -0.39 is 0 Å². The Labute approximate surface area is 82.4 Å². The summed E-state index contributed by atoms with van der Waals surface area (Å²) in [5, 5.41) is 3.41. The summed E-state index contributed by atoms with van der Waals surface area (Å²) in [7, 11) is 0. The average Bonchev–Trinajstić information content (AvgIpc) is 2.61. The number of thioether (sulfide) groups is 1. The fourth-order valence-electron chi connectivity index (χ4n) is 1.39. The van der Waals surface area contributed by atoms with E-state index in [1.54, 1.807) is 12.4 Å². The van der Waals surface area contributed by atoms with Crippen LogP contribution in [-0.2, 0) is 0 Å². The number of aromatic nitrogens is 2. The standard InChI is InChI=1S/C9H13N3S/c1-7-9(11-4-3-10-7)12-8-2-5-13-6-8/h3-4,8H,2,5-6H2,1H3,(H,11,12). The number of rotatable bonds is 2. The molecule has 4 heteroatoms. The van der Waals surface area contributed by atoms with Crippen molar-refractivity contribution in [2.45, 2.75) is 19.4 Å². The van der Waals surface area contributed by atoms with Gasteiger partial charge in [-0.15, -0.1) is 0 Å². The first kappa shape index (κ1) is 8.81. The molecular weight excluding hydrogens is 182 g/mol. The summed E-state index contributed by atoms with van der Waals surface area (Å²) in [6.07, 6.45) is 4.70. The van der Waals surface area contributed by atoms with Crippen LogP contribution in [0.15, 0.2) is 12.4 Å². The monoisotopic (exact) mass is 195 g/mol. The summed E-state index contributed by atoms with van der Waals surface area (Å²) in [4.78, 5) is 8.45. The van der Waals surface area contributed by atoms with E-state index in [4.69, 9.17) is 0 Å². The fourth-order valence-corrected chi connectivity index (χ4v) is 2.54. The van der Waals surface area contributed by atoms with Gasteiger partial charge in [0.2, 0.25) is 0 Å². The molecule has 1 saturated heterocycles. The molecule has 0 bridgehead atoms. The predicted molar refractivity (Wildman–Crippen MR) is 56.1 cm³/mol. The number of anilines is 1. The highest BCUT2D eigenvalue weighted by Crippen LogP contribution is 2.20. The molecule has 2 rings (SSSR count). The van der Waals surface area contributed by atoms with Crippen molar-refractivity contribution in [3.8, 4) is 0 Å². The molecule has 13 heavy (non-hydrogen) atoms. The van der Waals surface area contributed by atoms with E-state index in [1.165, 1.54) is 17.9 Å². The third kappa shape index (κ3) is 2.12. The van der Waals surface area contributed by atoms with Gasteiger partial charge in [-0.2, -0.15) is 11.8 Å². The summed E-state index contributed by atoms with van der Waals surface area (Å²) < 4.78 is 0. The average molecular weight is 195 g/mol. The Morgan fingerprint density at radius 1 is 1.46 bits per heavy atom. The smallest absolute Gasteiger partial charge is 0.147 e. The summed E-state index contributed by atoms with van der Waals surface area (Å²) >= 11 is 2.00. The van der Waals surface area contributed by atoms with Gasteiger partial charge in [-0.25, -0.2) is 4.98 Å². The maximum Gasteiger partial charge on any atom is 0.147 e. The molecule has 70 valence electrons. The number of aryl methyl sites for hydroxylation is 1. The molecule has 1 aliphatic heterocycles. The number of hydrogen-bond acceptors (Lipinski definition) is 4. The molecular formula is C9H13N3S. The minimum absolute atomic E-state index is 0.584. The van der Waals surface area contributed by atoms with Crippen LogP contribution in [0.2, 0.25) is 0 Å². The highest BCUT2D eigenvalue weighted by atomic mass is 32.2. The van der Waals surface area contributed by atoms with Gasteiger partial charge < -0.3 is 5.32 Å². The summed E-state index contributed by atoms with van der Waals surface area (Å²) in [6, 6.07) is 0.584. The van der Waals surface area contributed by atoms with Crippen LogP contribution in [-0.4, -0.2) is 27.5 Å². The zero-order valence-electron chi connectivity index (χ0n) is 7.66. The van der Waals surface area contributed by atoms with Gasteiger partial charge in [-0.05, 0) is 19.1 Å². The van der Waals surface area contributed by atoms with Crippen LogP contribution in [0, 0.1) is 6.92 Å². The molecule has 1 N–H and O–H groups in total. The van der Waals surface area contributed by atoms with Crippen molar-refractivity contribution in [1.29, 1.82) is 0 Å². The third-order valence-corrected chi connectivity index (χ3v) is 3.31. The molecule has 1 atom stereocenters. The van der Waals surface area contributed by atoms with E-state index in [0.717, 1.165) is 11.5 Å². The second kappa shape index (κ2) is 3.96. The van der Waals surface area contributed by atoms with Crippen molar-refractivity contribution in [2.75, 3.05) is 16.8 Å². The lowest BCUT2D eigenvalue weighted by Gasteiger charge is -2.12. The van der Waals surface area contributed by atoms with E-state index >= 15 is 0 Å². The summed E-state index contributed by atoms with van der Waals surface area (Å²) in [5.41, 5.74) is 0.986. The lowest BCUT2D eigenvalue weighted by molar-refractivity contribution is 0.802. The Balaban J connectivity index is 2.04. The Bertz CT molecular complexity index is 284. The first-order chi connectivity index (χ1) is 6.36. The Hall–Kier alpha value is -0.770. The third-order valence-electron chi connectivity index (χ3n) is 2.15. The van der Waals surface area contributed by atoms with Gasteiger partial charge in [-0.3, -0.25) is 4.98 Å². The highest BCUT2D eigenvalue weighted by Gasteiger charge is 2.16. The maximum absolute atomic E-state index is 4.26. The lowest BCUT2D eigenvalue weighted by Crippen LogP contribution is -2.19. The number of nitrogens with zero attached hydrogens (tertiary/aromatic N) is 2. The maximum atomic E-state index is 4.26. The van der Waals surface area contributed by atoms with Crippen LogP contribution >= 0.6 is 11.8 Å². The predicted octanol–water partition coefficient (Wildman–Crippen LogP) is 1.70. The Kier molecular flexibility index (Phi) is 2.68. The van der Waals surface area contributed by atoms with Gasteiger partial charge >= 0.3 is 0 Å². The van der Waals surface area contributed by atoms with E-state index in [1.807, 2.05) is 18.7 Å². The molecule has 0 radical (unpaired) electrons. The van der Waals surface area contributed by atoms with Crippen LogP contribution in [0.1, 0.15) is 12.1 Å². The van der Waals surface area contributed by atoms with Crippen molar-refractivity contribution in [2.24, 2.45) is 0 Å². The van der Waals surface area contributed by atoms with Gasteiger partial charge in [0.15, 0.2) is 0 Å². The molecule has 1 unspecified atom stereocenters. The lowest BCUT2D eigenvalue weighted by atomic mass is 10.2. The zero-order valence-corrected chi connectivity index (χ0v) is 8.47. The van der Waals surface area contributed by atoms with Crippen molar-refractivity contribution >= 4 is 17.6 Å². The first-order valence-corrected chi connectivity index (χ1v) is 5.63. The molecule has 1 aromatic heterocycles. The van der Waals surface area contributed by atoms with Crippen LogP contribution in [0.5, 0.6) is 0 Å². The van der Waals surface area contributed by atoms with E-state index in [2.05, 4.69) is 15.3 Å². The van der Waals surface area contributed by atoms with Crippen molar-refractivity contribution < 1.29 is 0 Å². The van der Waals surface area contributed by atoms with Gasteiger partial charge in [0.25, 0.3) is 0 Å². The van der Waals surface area contributed by atoms with Gasteiger partial charge in [-0.1, -0.05) is 0 Å². The second-order valence-electron chi connectivity index (χ2n) is 3.20. The Morgan fingerprint density at radius 3 is 3.00 bits per heavy atom. The molecule has 1 fully saturated rings. The van der Waals surface area contributed by atoms with Crippen LogP contribution < -0.4 is 5.32 Å². The quantitative estimate of drug-likeness (QED) is 0.779. The molecule has 0 aliphatic carbocycles. The fraction of sp³-hybridized carbons (Fsp3) is 0.556. The van der Waals surface area contributed by atoms with Crippen LogP contribution in [0.25, 0.3) is 0 Å². The van der Waals surface area contributed by atoms with E-state index in [-0.39, 0.29) is 0 Å². The minimum Gasteiger partial charge on any atom is -0.365 e. The molecule has 1 aliphatic rings. The van der Waals surface area contributed by atoms with Gasteiger partial charge in [0, 0.05) is 24.2 Å². The number of nitrogens with one attached hydrogen (secondary N) is 1. The normalized spacial score (nSPS) is 21.8. The molecule has 0 spiro atoms. The molecule has 3 nitrogen and oxygen atoms in total. The van der Waals surface area contributed by atoms with E-state index in [9.17, 15) is 0 Å². The van der Waals surface area contributed by atoms with Crippen LogP contribution in [0.3, 0.4) is 0 Å². The minimum atomic E-state index is 0.584. The SMILES string of the molecule is Cc1nccnc1NC1CCSC1. The molecule has 2 heterocycles. The first-order valence-electron chi connectivity index (χ1n) is 4.48. The second-order valence-corrected chi connectivity index (χ2v) is 4.35.